The lowest BCUT2D eigenvalue weighted by molar-refractivity contribution is 0.379. The predicted molar refractivity (Wildman–Crippen MR) is 101 cm³/mol. The van der Waals surface area contributed by atoms with E-state index in [1.54, 1.807) is 0 Å². The third-order valence-corrected chi connectivity index (χ3v) is 4.49. The summed E-state index contributed by atoms with van der Waals surface area (Å²) in [5.41, 5.74) is 1.34. The molecular formula is C19H25F2N5O. The van der Waals surface area contributed by atoms with Gasteiger partial charge in [0, 0.05) is 37.8 Å². The van der Waals surface area contributed by atoms with Crippen molar-refractivity contribution in [1.29, 1.82) is 0 Å². The molecule has 3 rings (SSSR count). The van der Waals surface area contributed by atoms with Crippen LogP contribution in [0.5, 0.6) is 0 Å². The zero-order valence-electron chi connectivity index (χ0n) is 15.6. The molecule has 6 nitrogen and oxygen atoms in total. The van der Waals surface area contributed by atoms with Crippen molar-refractivity contribution in [2.24, 2.45) is 4.99 Å². The number of rotatable bonds is 6. The van der Waals surface area contributed by atoms with Gasteiger partial charge in [0.15, 0.2) is 11.7 Å². The van der Waals surface area contributed by atoms with Gasteiger partial charge in [-0.15, -0.1) is 0 Å². The molecule has 8 heteroatoms. The maximum Gasteiger partial charge on any atom is 0.191 e. The van der Waals surface area contributed by atoms with E-state index in [1.165, 1.54) is 12.1 Å². The number of aryl methyl sites for hydroxylation is 1. The fourth-order valence-corrected chi connectivity index (χ4v) is 3.10. The van der Waals surface area contributed by atoms with E-state index in [2.05, 4.69) is 20.8 Å². The Balaban J connectivity index is 1.60. The van der Waals surface area contributed by atoms with Gasteiger partial charge in [0.1, 0.15) is 18.2 Å². The summed E-state index contributed by atoms with van der Waals surface area (Å²) in [6.45, 7) is 6.45. The van der Waals surface area contributed by atoms with Gasteiger partial charge in [-0.3, -0.25) is 0 Å². The summed E-state index contributed by atoms with van der Waals surface area (Å²) in [4.78, 5) is 6.46. The maximum absolute atomic E-state index is 14.0. The highest BCUT2D eigenvalue weighted by Crippen LogP contribution is 2.24. The quantitative estimate of drug-likeness (QED) is 0.599. The van der Waals surface area contributed by atoms with Crippen molar-refractivity contribution in [1.82, 2.24) is 15.8 Å². The molecule has 2 heterocycles. The normalized spacial score (nSPS) is 17.4. The SMILES string of the molecule is CCNC(=NCc1cc(CC)no1)NC1CCN(c2ccc(F)cc2F)C1. The lowest BCUT2D eigenvalue weighted by Gasteiger charge is -2.20. The molecule has 1 aliphatic rings. The van der Waals surface area contributed by atoms with Crippen molar-refractivity contribution in [3.05, 3.63) is 47.4 Å². The number of anilines is 1. The molecule has 146 valence electrons. The van der Waals surface area contributed by atoms with Crippen LogP contribution in [0.2, 0.25) is 0 Å². The van der Waals surface area contributed by atoms with Crippen molar-refractivity contribution < 1.29 is 13.3 Å². The number of guanidine groups is 1. The number of nitrogens with zero attached hydrogens (tertiary/aromatic N) is 3. The topological polar surface area (TPSA) is 65.7 Å². The second-order valence-electron chi connectivity index (χ2n) is 6.50. The highest BCUT2D eigenvalue weighted by molar-refractivity contribution is 5.80. The van der Waals surface area contributed by atoms with Gasteiger partial charge in [-0.2, -0.15) is 0 Å². The molecule has 0 amide bonds. The molecule has 1 unspecified atom stereocenters. The Kier molecular flexibility index (Phi) is 6.26. The van der Waals surface area contributed by atoms with Gasteiger partial charge in [-0.1, -0.05) is 12.1 Å². The van der Waals surface area contributed by atoms with Crippen molar-refractivity contribution >= 4 is 11.6 Å². The van der Waals surface area contributed by atoms with Crippen molar-refractivity contribution in [2.45, 2.75) is 39.3 Å². The first kappa shape index (κ1) is 19.1. The number of aromatic nitrogens is 1. The largest absolute Gasteiger partial charge is 0.367 e. The molecule has 0 saturated carbocycles. The summed E-state index contributed by atoms with van der Waals surface area (Å²) < 4.78 is 32.4. The smallest absolute Gasteiger partial charge is 0.191 e. The first-order valence-electron chi connectivity index (χ1n) is 9.28. The summed E-state index contributed by atoms with van der Waals surface area (Å²) >= 11 is 0. The molecule has 1 aromatic heterocycles. The molecule has 0 spiro atoms. The van der Waals surface area contributed by atoms with Crippen molar-refractivity contribution in [2.75, 3.05) is 24.5 Å². The van der Waals surface area contributed by atoms with E-state index in [0.717, 1.165) is 31.1 Å². The van der Waals surface area contributed by atoms with Crippen LogP contribution in [0.15, 0.2) is 33.8 Å². The van der Waals surface area contributed by atoms with E-state index in [0.29, 0.717) is 37.0 Å². The molecule has 27 heavy (non-hydrogen) atoms. The molecule has 0 bridgehead atoms. The van der Waals surface area contributed by atoms with Gasteiger partial charge < -0.3 is 20.1 Å². The van der Waals surface area contributed by atoms with Crippen molar-refractivity contribution in [3.63, 3.8) is 0 Å². The molecule has 1 aliphatic heterocycles. The molecule has 0 radical (unpaired) electrons. The zero-order chi connectivity index (χ0) is 19.2. The van der Waals surface area contributed by atoms with E-state index in [1.807, 2.05) is 24.8 Å². The summed E-state index contributed by atoms with van der Waals surface area (Å²) in [7, 11) is 0. The van der Waals surface area contributed by atoms with E-state index < -0.39 is 11.6 Å². The highest BCUT2D eigenvalue weighted by atomic mass is 19.1. The highest BCUT2D eigenvalue weighted by Gasteiger charge is 2.25. The lowest BCUT2D eigenvalue weighted by Crippen LogP contribution is -2.44. The Labute approximate surface area is 157 Å². The fourth-order valence-electron chi connectivity index (χ4n) is 3.10. The van der Waals surface area contributed by atoms with Gasteiger partial charge in [-0.25, -0.2) is 13.8 Å². The lowest BCUT2D eigenvalue weighted by atomic mass is 10.2. The average Bonchev–Trinajstić information content (AvgIpc) is 3.29. The molecule has 1 fully saturated rings. The van der Waals surface area contributed by atoms with Gasteiger partial charge in [0.2, 0.25) is 0 Å². The Morgan fingerprint density at radius 3 is 2.89 bits per heavy atom. The van der Waals surface area contributed by atoms with Gasteiger partial charge in [-0.05, 0) is 31.9 Å². The molecule has 1 aromatic carbocycles. The van der Waals surface area contributed by atoms with Crippen LogP contribution in [0.3, 0.4) is 0 Å². The summed E-state index contributed by atoms with van der Waals surface area (Å²) in [5.74, 6) is 0.294. The minimum atomic E-state index is -0.565. The Hall–Kier alpha value is -2.64. The average molecular weight is 377 g/mol. The second-order valence-corrected chi connectivity index (χ2v) is 6.50. The number of hydrogen-bond acceptors (Lipinski definition) is 4. The standard InChI is InChI=1S/C19H25F2N5O/c1-3-14-10-16(27-25-14)11-23-19(22-4-2)24-15-7-8-26(12-15)18-6-5-13(20)9-17(18)21/h5-6,9-10,15H,3-4,7-8,11-12H2,1-2H3,(H2,22,23,24). The van der Waals surface area contributed by atoms with Crippen LogP contribution in [0.1, 0.15) is 31.7 Å². The summed E-state index contributed by atoms with van der Waals surface area (Å²) in [6, 6.07) is 5.72. The van der Waals surface area contributed by atoms with Gasteiger partial charge >= 0.3 is 0 Å². The molecule has 1 atom stereocenters. The fraction of sp³-hybridized carbons (Fsp3) is 0.474. The Morgan fingerprint density at radius 2 is 2.19 bits per heavy atom. The minimum Gasteiger partial charge on any atom is -0.367 e. The van der Waals surface area contributed by atoms with Crippen LogP contribution >= 0.6 is 0 Å². The number of benzene rings is 1. The molecular weight excluding hydrogens is 352 g/mol. The molecule has 2 N–H and O–H groups in total. The van der Waals surface area contributed by atoms with E-state index >= 15 is 0 Å². The third kappa shape index (κ3) is 4.96. The summed E-state index contributed by atoms with van der Waals surface area (Å²) in [6.07, 6.45) is 1.66. The monoisotopic (exact) mass is 377 g/mol. The van der Waals surface area contributed by atoms with Crippen LogP contribution in [0.4, 0.5) is 14.5 Å². The number of hydrogen-bond donors (Lipinski definition) is 2. The van der Waals surface area contributed by atoms with Crippen LogP contribution in [0.25, 0.3) is 0 Å². The predicted octanol–water partition coefficient (Wildman–Crippen LogP) is 2.85. The first-order valence-corrected chi connectivity index (χ1v) is 9.28. The number of aliphatic imine (C=N–C) groups is 1. The van der Waals surface area contributed by atoms with Crippen LogP contribution in [-0.4, -0.2) is 36.8 Å². The van der Waals surface area contributed by atoms with Crippen LogP contribution in [-0.2, 0) is 13.0 Å². The van der Waals surface area contributed by atoms with Gasteiger partial charge in [0.05, 0.1) is 11.4 Å². The van der Waals surface area contributed by atoms with Gasteiger partial charge in [0.25, 0.3) is 0 Å². The third-order valence-electron chi connectivity index (χ3n) is 4.49. The zero-order valence-corrected chi connectivity index (χ0v) is 15.6. The van der Waals surface area contributed by atoms with Crippen LogP contribution < -0.4 is 15.5 Å². The number of halogens is 2. The molecule has 2 aromatic rings. The first-order chi connectivity index (χ1) is 13.1. The Morgan fingerprint density at radius 1 is 1.33 bits per heavy atom. The van der Waals surface area contributed by atoms with E-state index in [4.69, 9.17) is 4.52 Å². The summed E-state index contributed by atoms with van der Waals surface area (Å²) in [5, 5.41) is 10.6. The second kappa shape index (κ2) is 8.83. The van der Waals surface area contributed by atoms with E-state index in [9.17, 15) is 8.78 Å². The maximum atomic E-state index is 14.0. The van der Waals surface area contributed by atoms with E-state index in [-0.39, 0.29) is 6.04 Å². The van der Waals surface area contributed by atoms with Crippen molar-refractivity contribution in [3.8, 4) is 0 Å². The van der Waals surface area contributed by atoms with Crippen LogP contribution in [0, 0.1) is 11.6 Å². The number of nitrogens with one attached hydrogen (secondary N) is 2. The molecule has 0 aliphatic carbocycles. The Bertz CT molecular complexity index is 792. The minimum absolute atomic E-state index is 0.119. The molecule has 1 saturated heterocycles.